The van der Waals surface area contributed by atoms with E-state index >= 15 is 0 Å². The van der Waals surface area contributed by atoms with E-state index in [1.165, 1.54) is 0 Å². The van der Waals surface area contributed by atoms with Gasteiger partial charge in [-0.05, 0) is 0 Å². The Balaban J connectivity index is 3.82. The second-order valence-electron chi connectivity index (χ2n) is 0.402. The van der Waals surface area contributed by atoms with E-state index in [2.05, 4.69) is 33.4 Å². The van der Waals surface area contributed by atoms with Crippen LogP contribution in [0.4, 0.5) is 0 Å². The van der Waals surface area contributed by atoms with Gasteiger partial charge in [0.1, 0.15) is 0 Å². The summed E-state index contributed by atoms with van der Waals surface area (Å²) in [6, 6.07) is 0. The van der Waals surface area contributed by atoms with Gasteiger partial charge in [-0.25, -0.2) is 0 Å². The summed E-state index contributed by atoms with van der Waals surface area (Å²) in [5.41, 5.74) is 0. The minimum atomic E-state index is -0.0331. The van der Waals surface area contributed by atoms with Gasteiger partial charge in [-0.15, -0.1) is 0 Å². The summed E-state index contributed by atoms with van der Waals surface area (Å²) in [7, 11) is 5.70. The van der Waals surface area contributed by atoms with Crippen molar-refractivity contribution in [2.75, 3.05) is 7.05 Å². The van der Waals surface area contributed by atoms with Gasteiger partial charge in [-0.1, -0.05) is 0 Å². The Morgan fingerprint density at radius 2 is 2.20 bits per heavy atom. The first-order valence-electron chi connectivity index (χ1n) is 0.967. The van der Waals surface area contributed by atoms with E-state index in [-0.39, 0.29) is 6.84 Å². The molecule has 5 heavy (non-hydrogen) atoms. The van der Waals surface area contributed by atoms with Gasteiger partial charge in [0.25, 0.3) is 0 Å². The van der Waals surface area contributed by atoms with Crippen molar-refractivity contribution in [3.05, 3.63) is 0 Å². The van der Waals surface area contributed by atoms with E-state index in [9.17, 15) is 0 Å². The van der Waals surface area contributed by atoms with Gasteiger partial charge in [-0.3, -0.25) is 0 Å². The summed E-state index contributed by atoms with van der Waals surface area (Å²) in [5.74, 6) is 0. The van der Waals surface area contributed by atoms with Crippen LogP contribution >= 0.6 is 29.0 Å². The van der Waals surface area contributed by atoms with Crippen LogP contribution < -0.4 is 0 Å². The molecule has 0 unspecified atom stereocenters. The van der Waals surface area contributed by atoms with E-state index in [4.69, 9.17) is 0 Å². The third-order valence-corrected chi connectivity index (χ3v) is 2.12. The van der Waals surface area contributed by atoms with Crippen LogP contribution in [0.15, 0.2) is 4.36 Å². The van der Waals surface area contributed by atoms with Gasteiger partial charge in [0.2, 0.25) is 0 Å². The van der Waals surface area contributed by atoms with E-state index in [1.54, 1.807) is 7.05 Å². The van der Waals surface area contributed by atoms with Crippen molar-refractivity contribution in [2.45, 2.75) is 0 Å². The zero-order chi connectivity index (χ0) is 4.28. The molecule has 30 valence electrons. The molecule has 1 nitrogen and oxygen atoms in total. The Bertz CT molecular complexity index is 122. The molecule has 0 saturated heterocycles. The van der Waals surface area contributed by atoms with Crippen LogP contribution in [0.3, 0.4) is 0 Å². The van der Waals surface area contributed by atoms with Gasteiger partial charge in [-0.2, -0.15) is 0 Å². The molecule has 0 rings (SSSR count). The molecule has 0 aromatic rings. The molecule has 0 heterocycles. The first kappa shape index (κ1) is 6.18. The monoisotopic (exact) mass is 219 g/mol. The Morgan fingerprint density at radius 1 is 2.00 bits per heavy atom. The molecular weight excluding hydrogens is 216 g/mol. The zero-order valence-corrected chi connectivity index (χ0v) is 6.55. The van der Waals surface area contributed by atoms with Crippen molar-refractivity contribution < 1.29 is 0 Å². The molecule has 0 aromatic carbocycles. The molecular formula is CH3INPS. The summed E-state index contributed by atoms with van der Waals surface area (Å²) in [6.07, 6.45) is 0. The van der Waals surface area contributed by atoms with Gasteiger partial charge >= 0.3 is 47.3 Å². The third-order valence-electron chi connectivity index (χ3n) is 0.151. The van der Waals surface area contributed by atoms with E-state index in [0.29, 0.717) is 0 Å². The predicted molar refractivity (Wildman–Crippen MR) is 36.7 cm³/mol. The van der Waals surface area contributed by atoms with Crippen LogP contribution in [-0.4, -0.2) is 7.05 Å². The number of halogens is 1. The summed E-state index contributed by atoms with van der Waals surface area (Å²) in [6.45, 7) is -0.0331. The molecule has 0 atom stereocenters. The summed E-state index contributed by atoms with van der Waals surface area (Å²) >= 11 is 2.13. The van der Waals surface area contributed by atoms with Crippen LogP contribution in [0.25, 0.3) is 0 Å². The molecule has 0 aromatic heterocycles. The van der Waals surface area contributed by atoms with Crippen molar-refractivity contribution in [3.63, 3.8) is 0 Å². The quantitative estimate of drug-likeness (QED) is 0.437. The maximum atomic E-state index is 3.95. The fourth-order valence-electron chi connectivity index (χ4n) is 0. The minimum absolute atomic E-state index is 0.0331. The fraction of sp³-hybridized carbons (Fsp3) is 1.00. The summed E-state index contributed by atoms with van der Waals surface area (Å²) in [4.78, 5) is 0. The van der Waals surface area contributed by atoms with Crippen LogP contribution in [0.2, 0.25) is 0 Å². The van der Waals surface area contributed by atoms with Gasteiger partial charge < -0.3 is 0 Å². The molecule has 0 saturated carbocycles. The van der Waals surface area contributed by atoms with Crippen LogP contribution in [0, 0.1) is 0 Å². The molecule has 0 bridgehead atoms. The van der Waals surface area contributed by atoms with Crippen LogP contribution in [-0.2, 0) is 6.84 Å². The van der Waals surface area contributed by atoms with E-state index in [1.807, 2.05) is 0 Å². The Kier molecular flexibility index (Phi) is 4.17. The second-order valence-corrected chi connectivity index (χ2v) is 6.84. The molecule has 0 aliphatic heterocycles. The topological polar surface area (TPSA) is 12.4 Å². The Morgan fingerprint density at radius 3 is 2.20 bits per heavy atom. The molecule has 0 fully saturated rings. The zero-order valence-electron chi connectivity index (χ0n) is 2.68. The molecule has 0 aliphatic carbocycles. The summed E-state index contributed by atoms with van der Waals surface area (Å²) in [5, 5.41) is 0. The van der Waals surface area contributed by atoms with Gasteiger partial charge in [0.15, 0.2) is 0 Å². The van der Waals surface area contributed by atoms with Crippen LogP contribution in [0.5, 0.6) is 0 Å². The Labute approximate surface area is 47.3 Å². The van der Waals surface area contributed by atoms with Gasteiger partial charge in [0.05, 0.1) is 0 Å². The molecule has 0 N–H and O–H groups in total. The molecule has 0 amide bonds. The third kappa shape index (κ3) is 5.18. The number of nitrogens with zero attached hydrogens (tertiary/aromatic N) is 1. The van der Waals surface area contributed by atoms with Crippen molar-refractivity contribution >= 4 is 35.9 Å². The Hall–Kier alpha value is 1.18. The number of hydrogen-bond donors (Lipinski definition) is 0. The fourth-order valence-corrected chi connectivity index (χ4v) is 0. The average Bonchev–Trinajstić information content (AvgIpc) is 1.38. The van der Waals surface area contributed by atoms with Crippen LogP contribution in [0.1, 0.15) is 0 Å². The van der Waals surface area contributed by atoms with Crippen molar-refractivity contribution in [3.8, 4) is 0 Å². The maximum absolute atomic E-state index is 3.95. The predicted octanol–water partition coefficient (Wildman–Crippen LogP) is 2.09. The number of hydrogen-bond acceptors (Lipinski definition) is 1. The van der Waals surface area contributed by atoms with E-state index < -0.39 is 0 Å². The SMILES string of the molecule is CN=S(#P)I. The van der Waals surface area contributed by atoms with Gasteiger partial charge in [0, 0.05) is 0 Å². The molecule has 0 spiro atoms. The van der Waals surface area contributed by atoms with Crippen molar-refractivity contribution in [1.82, 2.24) is 0 Å². The first-order chi connectivity index (χ1) is 2.27. The number of rotatable bonds is 0. The molecule has 4 heteroatoms. The standard InChI is InChI=1S/CH3INPS/c1-3-5(2)4/h1H3. The molecule has 0 radical (unpaired) electrons. The summed E-state index contributed by atoms with van der Waals surface area (Å²) < 4.78 is 3.77. The van der Waals surface area contributed by atoms with E-state index in [0.717, 1.165) is 0 Å². The average molecular weight is 219 g/mol. The van der Waals surface area contributed by atoms with Crippen molar-refractivity contribution in [1.29, 1.82) is 0 Å². The van der Waals surface area contributed by atoms with Crippen molar-refractivity contribution in [2.24, 2.45) is 4.36 Å². The normalized spacial score (nSPS) is 11.8. The second kappa shape index (κ2) is 3.37. The first-order valence-corrected chi connectivity index (χ1v) is 5.74. The molecule has 0 aliphatic rings.